The Bertz CT molecular complexity index is 630. The number of aliphatic carboxylic acids is 2. The number of carbonyl (C=O) groups is 2. The Hall–Kier alpha value is -2.70. The smallest absolute Gasteiger partial charge is 0.304 e. The van der Waals surface area contributed by atoms with Crippen molar-refractivity contribution in [2.24, 2.45) is 0 Å². The third kappa shape index (κ3) is 6.31. The van der Waals surface area contributed by atoms with Gasteiger partial charge in [-0.2, -0.15) is 0 Å². The van der Waals surface area contributed by atoms with E-state index >= 15 is 0 Å². The molecule has 0 amide bonds. The van der Waals surface area contributed by atoms with Crippen LogP contribution < -0.4 is 10.6 Å². The van der Waals surface area contributed by atoms with Crippen molar-refractivity contribution < 1.29 is 19.8 Å². The lowest BCUT2D eigenvalue weighted by atomic mass is 9.93. The Kier molecular flexibility index (Phi) is 7.79. The van der Waals surface area contributed by atoms with Gasteiger partial charge in [0, 0.05) is 13.1 Å². The third-order valence-corrected chi connectivity index (χ3v) is 4.06. The van der Waals surface area contributed by atoms with Crippen LogP contribution in [-0.2, 0) is 9.59 Å². The zero-order valence-corrected chi connectivity index (χ0v) is 14.5. The summed E-state index contributed by atoms with van der Waals surface area (Å²) in [6.45, 7) is 0.637. The van der Waals surface area contributed by atoms with Crippen LogP contribution in [0.2, 0.25) is 0 Å². The molecule has 138 valence electrons. The van der Waals surface area contributed by atoms with Gasteiger partial charge in [-0.05, 0) is 11.1 Å². The second-order valence-electron chi connectivity index (χ2n) is 5.97. The molecular formula is C20H24N2O4. The molecule has 0 aliphatic rings. The van der Waals surface area contributed by atoms with Crippen LogP contribution in [0.4, 0.5) is 0 Å². The van der Waals surface area contributed by atoms with Crippen LogP contribution >= 0.6 is 0 Å². The minimum atomic E-state index is -0.862. The lowest BCUT2D eigenvalue weighted by Gasteiger charge is -2.30. The van der Waals surface area contributed by atoms with E-state index < -0.39 is 11.9 Å². The highest BCUT2D eigenvalue weighted by Crippen LogP contribution is 2.29. The highest BCUT2D eigenvalue weighted by atomic mass is 16.4. The number of rotatable bonds is 11. The molecule has 4 N–H and O–H groups in total. The van der Waals surface area contributed by atoms with E-state index in [0.717, 1.165) is 11.1 Å². The van der Waals surface area contributed by atoms with Crippen LogP contribution in [0.1, 0.15) is 36.1 Å². The molecule has 0 spiro atoms. The van der Waals surface area contributed by atoms with Crippen molar-refractivity contribution in [3.8, 4) is 0 Å². The maximum atomic E-state index is 10.9. The molecule has 0 fully saturated rings. The lowest BCUT2D eigenvalue weighted by Crippen LogP contribution is -2.37. The van der Waals surface area contributed by atoms with E-state index in [1.165, 1.54) is 0 Å². The van der Waals surface area contributed by atoms with Gasteiger partial charge in [-0.1, -0.05) is 60.7 Å². The summed E-state index contributed by atoms with van der Waals surface area (Å²) in [4.78, 5) is 21.8. The van der Waals surface area contributed by atoms with Crippen molar-refractivity contribution in [1.29, 1.82) is 0 Å². The van der Waals surface area contributed by atoms with Crippen LogP contribution in [0, 0.1) is 0 Å². The lowest BCUT2D eigenvalue weighted by molar-refractivity contribution is -0.138. The first-order chi connectivity index (χ1) is 12.6. The minimum Gasteiger partial charge on any atom is -0.481 e. The molecule has 2 aromatic rings. The monoisotopic (exact) mass is 356 g/mol. The normalized spacial score (nSPS) is 13.1. The maximum absolute atomic E-state index is 10.9. The molecule has 0 aliphatic carbocycles. The van der Waals surface area contributed by atoms with Crippen molar-refractivity contribution in [3.63, 3.8) is 0 Å². The van der Waals surface area contributed by atoms with Crippen molar-refractivity contribution in [2.45, 2.75) is 24.9 Å². The average molecular weight is 356 g/mol. The fourth-order valence-corrected chi connectivity index (χ4v) is 2.85. The van der Waals surface area contributed by atoms with Gasteiger partial charge in [-0.3, -0.25) is 9.59 Å². The van der Waals surface area contributed by atoms with E-state index in [0.29, 0.717) is 13.1 Å². The third-order valence-electron chi connectivity index (χ3n) is 4.06. The average Bonchev–Trinajstić information content (AvgIpc) is 2.64. The van der Waals surface area contributed by atoms with E-state index in [9.17, 15) is 9.59 Å². The van der Waals surface area contributed by atoms with Gasteiger partial charge < -0.3 is 20.8 Å². The Labute approximate surface area is 152 Å². The molecule has 2 aromatic carbocycles. The van der Waals surface area contributed by atoms with Gasteiger partial charge in [0.25, 0.3) is 0 Å². The summed E-state index contributed by atoms with van der Waals surface area (Å²) in [5, 5.41) is 24.5. The molecule has 0 saturated heterocycles. The maximum Gasteiger partial charge on any atom is 0.304 e. The van der Waals surface area contributed by atoms with Gasteiger partial charge in [0.15, 0.2) is 0 Å². The molecule has 0 radical (unpaired) electrons. The topological polar surface area (TPSA) is 98.7 Å². The largest absolute Gasteiger partial charge is 0.481 e. The minimum absolute atomic E-state index is 0.0139. The van der Waals surface area contributed by atoms with Crippen LogP contribution in [0.3, 0.4) is 0 Å². The standard InChI is InChI=1S/C20H24N2O4/c23-17(24)11-13-21-19(15-7-3-1-4-8-15)20(22-14-12-18(25)26)16-9-5-2-6-10-16/h1-10,19-22H,11-14H2,(H,23,24)(H,25,26)/t19-,20-/m1/s1. The fourth-order valence-electron chi connectivity index (χ4n) is 2.85. The highest BCUT2D eigenvalue weighted by molar-refractivity contribution is 5.67. The summed E-state index contributed by atoms with van der Waals surface area (Å²) in [5.74, 6) is -1.72. The predicted octanol–water partition coefficient (Wildman–Crippen LogP) is 2.60. The van der Waals surface area contributed by atoms with Crippen LogP contribution in [-0.4, -0.2) is 35.2 Å². The number of benzene rings is 2. The number of nitrogens with one attached hydrogen (secondary N) is 2. The van der Waals surface area contributed by atoms with Gasteiger partial charge in [0.2, 0.25) is 0 Å². The second kappa shape index (κ2) is 10.3. The van der Waals surface area contributed by atoms with Gasteiger partial charge in [0.05, 0.1) is 24.9 Å². The Balaban J connectivity index is 2.26. The van der Waals surface area contributed by atoms with E-state index in [2.05, 4.69) is 10.6 Å². The van der Waals surface area contributed by atoms with E-state index in [4.69, 9.17) is 10.2 Å². The molecule has 2 rings (SSSR count). The summed E-state index contributed by atoms with van der Waals surface area (Å²) < 4.78 is 0. The number of hydrogen-bond donors (Lipinski definition) is 4. The molecule has 6 heteroatoms. The molecular weight excluding hydrogens is 332 g/mol. The Morgan fingerprint density at radius 1 is 0.692 bits per heavy atom. The van der Waals surface area contributed by atoms with Crippen LogP contribution in [0.5, 0.6) is 0 Å². The summed E-state index contributed by atoms with van der Waals surface area (Å²) in [6, 6.07) is 19.1. The van der Waals surface area contributed by atoms with Crippen molar-refractivity contribution in [3.05, 3.63) is 71.8 Å². The first-order valence-electron chi connectivity index (χ1n) is 8.58. The van der Waals surface area contributed by atoms with Crippen molar-refractivity contribution in [1.82, 2.24) is 10.6 Å². The van der Waals surface area contributed by atoms with Gasteiger partial charge in [0.1, 0.15) is 0 Å². The SMILES string of the molecule is O=C(O)CCN[C@H](c1ccccc1)[C@H](NCCC(=O)O)c1ccccc1. The molecule has 0 aliphatic heterocycles. The van der Waals surface area contributed by atoms with E-state index in [1.54, 1.807) is 0 Å². The van der Waals surface area contributed by atoms with Gasteiger partial charge in [-0.25, -0.2) is 0 Å². The van der Waals surface area contributed by atoms with Crippen LogP contribution in [0.15, 0.2) is 60.7 Å². The Morgan fingerprint density at radius 3 is 1.35 bits per heavy atom. The summed E-state index contributed by atoms with van der Waals surface area (Å²) in [6.07, 6.45) is 0.0277. The predicted molar refractivity (Wildman–Crippen MR) is 98.9 cm³/mol. The number of hydrogen-bond acceptors (Lipinski definition) is 4. The second-order valence-corrected chi connectivity index (χ2v) is 5.97. The zero-order valence-electron chi connectivity index (χ0n) is 14.5. The molecule has 0 bridgehead atoms. The first-order valence-corrected chi connectivity index (χ1v) is 8.58. The van der Waals surface area contributed by atoms with E-state index in [-0.39, 0.29) is 24.9 Å². The molecule has 0 saturated carbocycles. The molecule has 0 heterocycles. The quantitative estimate of drug-likeness (QED) is 0.494. The highest BCUT2D eigenvalue weighted by Gasteiger charge is 2.24. The summed E-state index contributed by atoms with van der Waals surface area (Å²) >= 11 is 0. The zero-order chi connectivity index (χ0) is 18.8. The number of carboxylic acid groups (broad SMARTS) is 2. The van der Waals surface area contributed by atoms with E-state index in [1.807, 2.05) is 60.7 Å². The fraction of sp³-hybridized carbons (Fsp3) is 0.300. The van der Waals surface area contributed by atoms with Gasteiger partial charge in [-0.15, -0.1) is 0 Å². The van der Waals surface area contributed by atoms with Gasteiger partial charge >= 0.3 is 11.9 Å². The van der Waals surface area contributed by atoms with Crippen LogP contribution in [0.25, 0.3) is 0 Å². The summed E-state index contributed by atoms with van der Waals surface area (Å²) in [5.41, 5.74) is 2.02. The molecule has 0 unspecified atom stereocenters. The molecule has 2 atom stereocenters. The number of carboxylic acids is 2. The van der Waals surface area contributed by atoms with Crippen molar-refractivity contribution in [2.75, 3.05) is 13.1 Å². The first kappa shape index (κ1) is 19.6. The Morgan fingerprint density at radius 2 is 1.04 bits per heavy atom. The molecule has 0 aromatic heterocycles. The van der Waals surface area contributed by atoms with Crippen molar-refractivity contribution >= 4 is 11.9 Å². The molecule has 26 heavy (non-hydrogen) atoms. The molecule has 6 nitrogen and oxygen atoms in total. The summed E-state index contributed by atoms with van der Waals surface area (Å²) in [7, 11) is 0.